The van der Waals surface area contributed by atoms with E-state index in [2.05, 4.69) is 87.4 Å². The molecule has 0 bridgehead atoms. The third-order valence-electron chi connectivity index (χ3n) is 14.8. The molecule has 5 rings (SSSR count). The third-order valence-corrected chi connectivity index (χ3v) is 16.3. The first-order chi connectivity index (χ1) is 37.2. The minimum Gasteiger partial charge on any atom is -0.394 e. The summed E-state index contributed by atoms with van der Waals surface area (Å²) in [6.07, 6.45) is 4.86. The Kier molecular flexibility index (Phi) is 24.7. The van der Waals surface area contributed by atoms with Crippen molar-refractivity contribution >= 4 is 59.1 Å². The van der Waals surface area contributed by atoms with Crippen LogP contribution in [-0.4, -0.2) is 163 Å². The summed E-state index contributed by atoms with van der Waals surface area (Å²) in [5, 5.41) is 36.1. The van der Waals surface area contributed by atoms with Gasteiger partial charge in [-0.1, -0.05) is 97.4 Å². The topological polar surface area (TPSA) is 278 Å². The molecule has 1 unspecified atom stereocenters. The third kappa shape index (κ3) is 19.3. The zero-order valence-corrected chi connectivity index (χ0v) is 47.9. The van der Waals surface area contributed by atoms with Crippen LogP contribution < -0.4 is 47.9 Å². The summed E-state index contributed by atoms with van der Waals surface area (Å²) < 4.78 is 5.61. The number of aliphatic hydroxyl groups is 1. The Balaban J connectivity index is 1.13. The van der Waals surface area contributed by atoms with E-state index in [1.165, 1.54) is 6.92 Å². The van der Waals surface area contributed by atoms with Gasteiger partial charge >= 0.3 is 6.03 Å². The second kappa shape index (κ2) is 30.6. The van der Waals surface area contributed by atoms with E-state index in [0.717, 1.165) is 62.2 Å². The van der Waals surface area contributed by atoms with Gasteiger partial charge in [0.15, 0.2) is 0 Å². The van der Waals surface area contributed by atoms with Crippen molar-refractivity contribution in [2.75, 3.05) is 58.3 Å². The van der Waals surface area contributed by atoms with Crippen LogP contribution in [0.1, 0.15) is 128 Å². The van der Waals surface area contributed by atoms with Crippen molar-refractivity contribution in [3.8, 4) is 0 Å². The van der Waals surface area contributed by atoms with Gasteiger partial charge in [0.1, 0.15) is 29.7 Å². The highest BCUT2D eigenvalue weighted by Gasteiger charge is 2.61. The van der Waals surface area contributed by atoms with E-state index in [-0.39, 0.29) is 86.8 Å². The van der Waals surface area contributed by atoms with Gasteiger partial charge in [-0.2, -0.15) is 11.8 Å². The summed E-state index contributed by atoms with van der Waals surface area (Å²) in [7, 11) is 0. The maximum Gasteiger partial charge on any atom is 0.315 e. The van der Waals surface area contributed by atoms with Gasteiger partial charge in [0, 0.05) is 42.5 Å². The Bertz CT molecular complexity index is 2320. The first-order valence-electron chi connectivity index (χ1n) is 28.0. The maximum absolute atomic E-state index is 14.4. The van der Waals surface area contributed by atoms with Crippen LogP contribution in [-0.2, 0) is 45.3 Å². The Morgan fingerprint density at radius 3 is 2.13 bits per heavy atom. The molecule has 1 aliphatic carbocycles. The molecule has 2 aromatic rings. The highest BCUT2D eigenvalue weighted by Crippen LogP contribution is 2.47. The number of thioether (sulfide) groups is 1. The van der Waals surface area contributed by atoms with Gasteiger partial charge in [-0.15, -0.1) is 0 Å². The first-order valence-corrected chi connectivity index (χ1v) is 29.1. The Hall–Kier alpha value is -5.77. The summed E-state index contributed by atoms with van der Waals surface area (Å²) in [4.78, 5) is 110. The molecule has 0 radical (unpaired) electrons. The van der Waals surface area contributed by atoms with Gasteiger partial charge in [-0.25, -0.2) is 4.79 Å². The van der Waals surface area contributed by atoms with Crippen LogP contribution in [0.25, 0.3) is 0 Å². The fourth-order valence-electron chi connectivity index (χ4n) is 9.95. The molecule has 0 aromatic heterocycles. The van der Waals surface area contributed by atoms with Gasteiger partial charge in [0.2, 0.25) is 35.4 Å². The molecule has 432 valence electrons. The second-order valence-electron chi connectivity index (χ2n) is 22.3. The van der Waals surface area contributed by atoms with Crippen LogP contribution in [0.3, 0.4) is 0 Å². The van der Waals surface area contributed by atoms with E-state index in [9.17, 15) is 43.5 Å². The van der Waals surface area contributed by atoms with Crippen LogP contribution >= 0.6 is 11.8 Å². The summed E-state index contributed by atoms with van der Waals surface area (Å²) in [5.74, 6) is -3.17. The number of carbonyl (C=O) groups excluding carboxylic acids is 8. The Morgan fingerprint density at radius 1 is 0.782 bits per heavy atom. The molecule has 10 N–H and O–H groups in total. The number of benzene rings is 2. The van der Waals surface area contributed by atoms with Crippen molar-refractivity contribution in [3.63, 3.8) is 0 Å². The predicted molar refractivity (Wildman–Crippen MR) is 301 cm³/mol. The van der Waals surface area contributed by atoms with Gasteiger partial charge in [0.25, 0.3) is 5.91 Å². The maximum atomic E-state index is 14.4. The van der Waals surface area contributed by atoms with Crippen molar-refractivity contribution in [1.29, 1.82) is 0 Å². The molecule has 3 fully saturated rings. The number of fused-ring (bicyclic) bond motifs is 1. The van der Waals surface area contributed by atoms with Crippen molar-refractivity contribution in [2.45, 2.75) is 166 Å². The molecule has 9 amide bonds. The van der Waals surface area contributed by atoms with Crippen molar-refractivity contribution in [2.24, 2.45) is 11.8 Å². The highest BCUT2D eigenvalue weighted by molar-refractivity contribution is 8.00. The van der Waals surface area contributed by atoms with Crippen molar-refractivity contribution in [1.82, 2.24) is 52.8 Å². The Morgan fingerprint density at radius 2 is 1.47 bits per heavy atom. The van der Waals surface area contributed by atoms with E-state index in [1.54, 1.807) is 12.1 Å². The number of nitrogens with one attached hydrogen (secondary N) is 9. The normalized spacial score (nSPS) is 21.0. The van der Waals surface area contributed by atoms with Crippen LogP contribution in [0.4, 0.5) is 4.79 Å². The minimum absolute atomic E-state index is 0.0655. The number of unbranched alkanes of at least 4 members (excludes halogenated alkanes) is 1. The number of hydrogen-bond acceptors (Lipinski definition) is 12. The lowest BCUT2D eigenvalue weighted by Gasteiger charge is -2.28. The molecule has 9 atom stereocenters. The van der Waals surface area contributed by atoms with Gasteiger partial charge in [-0.05, 0) is 106 Å². The molecule has 2 saturated heterocycles. The van der Waals surface area contributed by atoms with E-state index in [4.69, 9.17) is 4.74 Å². The summed E-state index contributed by atoms with van der Waals surface area (Å²) in [6.45, 7) is 18.1. The number of amides is 9. The molecular formula is C57H88N10O10S. The number of carbonyl (C=O) groups is 8. The molecule has 2 aliphatic heterocycles. The second-order valence-corrected chi connectivity index (χ2v) is 23.6. The van der Waals surface area contributed by atoms with E-state index >= 15 is 0 Å². The zero-order valence-electron chi connectivity index (χ0n) is 47.1. The molecule has 78 heavy (non-hydrogen) atoms. The number of ether oxygens (including phenoxy) is 1. The average Bonchev–Trinajstić information content (AvgIpc) is 3.90. The van der Waals surface area contributed by atoms with Gasteiger partial charge in [-0.3, -0.25) is 33.6 Å². The molecule has 3 aliphatic rings. The zero-order chi connectivity index (χ0) is 57.0. The quantitative estimate of drug-likeness (QED) is 0.0365. The summed E-state index contributed by atoms with van der Waals surface area (Å²) >= 11 is 1.85. The minimum atomic E-state index is -1.43. The van der Waals surface area contributed by atoms with E-state index in [0.29, 0.717) is 23.7 Å². The largest absolute Gasteiger partial charge is 0.394 e. The van der Waals surface area contributed by atoms with Crippen molar-refractivity contribution < 1.29 is 48.2 Å². The highest BCUT2D eigenvalue weighted by atomic mass is 32.2. The number of hydrogen-bond donors (Lipinski definition) is 10. The fraction of sp³-hybridized carbons (Fsp3) is 0.649. The lowest BCUT2D eigenvalue weighted by Crippen LogP contribution is -2.61. The Labute approximate surface area is 465 Å². The number of rotatable bonds is 33. The summed E-state index contributed by atoms with van der Waals surface area (Å²) in [6, 6.07) is 12.0. The molecule has 21 heteroatoms. The van der Waals surface area contributed by atoms with Crippen LogP contribution in [0.5, 0.6) is 0 Å². The fourth-order valence-corrected chi connectivity index (χ4v) is 11.5. The van der Waals surface area contributed by atoms with Crippen LogP contribution in [0, 0.1) is 11.8 Å². The monoisotopic (exact) mass is 1100 g/mol. The average molecular weight is 1110 g/mol. The van der Waals surface area contributed by atoms with Crippen LogP contribution in [0.15, 0.2) is 54.6 Å². The lowest BCUT2D eigenvalue weighted by atomic mass is 9.86. The van der Waals surface area contributed by atoms with Gasteiger partial charge < -0.3 is 62.6 Å². The van der Waals surface area contributed by atoms with Crippen molar-refractivity contribution in [3.05, 3.63) is 71.3 Å². The standard InChI is InChI=1S/C57H88N10O10S/c1-9-67(10-2)28-16-19-41-33-57(41,54(75)63-44(34-68)51(72)59-27-30-77-29-26-58-47(69)21-15-14-20-46-48-45(35-78-46)64-55(76)65-48)66-53(74)42(31-36(3)4)61-49(70)37(5)60-52(73)43(32-38-17-12-11-13-18-38)62-50(71)39-22-24-40(25-23-39)56(6,7)8/h11-13,17-18,22-25,36-37,41-46,48,68H,9-10,14-16,19-21,26-35H2,1-8H3,(H,58,69)(H,59,72)(H,60,73)(H,61,70)(H,62,71)(H,63,75)(H,66,74)(H2,64,65,76)/t37-,41+,42-,43-,44-,45-,46-,48-,57?/m0/s1. The lowest BCUT2D eigenvalue weighted by molar-refractivity contribution is -0.136. The van der Waals surface area contributed by atoms with E-state index in [1.807, 2.05) is 68.1 Å². The SMILES string of the molecule is CCN(CC)CCC[C@@H]1CC1(NC(=O)[C@H](CC(C)C)NC(=O)[C@H](C)NC(=O)[C@H](Cc1ccccc1)NC(=O)c1ccc(C(C)(C)C)cc1)C(=O)N[C@@H](CO)C(=O)NCCOCCNC(=O)CCCC[C@@H]1SC[C@@H]2NC(=O)N[C@@H]21. The summed E-state index contributed by atoms with van der Waals surface area (Å²) in [5.41, 5.74) is 0.662. The van der Waals surface area contributed by atoms with Crippen LogP contribution in [0.2, 0.25) is 0 Å². The smallest absolute Gasteiger partial charge is 0.315 e. The van der Waals surface area contributed by atoms with Gasteiger partial charge in [0.05, 0.1) is 31.9 Å². The number of urea groups is 1. The predicted octanol–water partition coefficient (Wildman–Crippen LogP) is 2.81. The molecule has 2 aromatic carbocycles. The van der Waals surface area contributed by atoms with E-state index < -0.39 is 71.8 Å². The molecular weight excluding hydrogens is 1020 g/mol. The molecule has 1 saturated carbocycles. The number of aliphatic hydroxyl groups excluding tert-OH is 1. The first kappa shape index (κ1) is 63.1. The number of nitrogens with zero attached hydrogens (tertiary/aromatic N) is 1. The molecule has 2 heterocycles. The molecule has 0 spiro atoms. The molecule has 20 nitrogen and oxygen atoms in total.